The van der Waals surface area contributed by atoms with Gasteiger partial charge in [0, 0.05) is 57.3 Å². The lowest BCUT2D eigenvalue weighted by Crippen LogP contribution is -2.28. The number of carboxylic acid groups (broad SMARTS) is 1. The first-order valence-corrected chi connectivity index (χ1v) is 18.3. The number of para-hydroxylation sites is 2. The molecule has 248 valence electrons. The van der Waals surface area contributed by atoms with Crippen molar-refractivity contribution < 1.29 is 14.5 Å². The van der Waals surface area contributed by atoms with E-state index in [0.29, 0.717) is 5.56 Å². The van der Waals surface area contributed by atoms with Crippen LogP contribution in [0.2, 0.25) is 0 Å². The van der Waals surface area contributed by atoms with Crippen molar-refractivity contribution in [2.45, 2.75) is 89.4 Å². The van der Waals surface area contributed by atoms with Gasteiger partial charge < -0.3 is 10.0 Å². The van der Waals surface area contributed by atoms with E-state index in [4.69, 9.17) is 0 Å². The molecule has 0 amide bonds. The molecular weight excluding hydrogens is 609 g/mol. The number of fused-ring (bicyclic) bond motifs is 2. The summed E-state index contributed by atoms with van der Waals surface area (Å²) in [6.45, 7) is 15.9. The van der Waals surface area contributed by atoms with Crippen LogP contribution in [0.4, 0.5) is 11.4 Å². The van der Waals surface area contributed by atoms with Crippen LogP contribution in [-0.4, -0.2) is 34.5 Å². The highest BCUT2D eigenvalue weighted by Gasteiger charge is 2.44. The maximum atomic E-state index is 11.6. The van der Waals surface area contributed by atoms with E-state index < -0.39 is 5.97 Å². The summed E-state index contributed by atoms with van der Waals surface area (Å²) in [4.78, 5) is 16.4. The molecule has 0 radical (unpaired) electrons. The molecule has 0 unspecified atom stereocenters. The van der Waals surface area contributed by atoms with Crippen LogP contribution in [0, 0.1) is 0 Å². The van der Waals surface area contributed by atoms with Crippen molar-refractivity contribution in [3.05, 3.63) is 136 Å². The average Bonchev–Trinajstić information content (AvgIpc) is 3.42. The van der Waals surface area contributed by atoms with Crippen molar-refractivity contribution in [3.63, 3.8) is 0 Å². The summed E-state index contributed by atoms with van der Waals surface area (Å²) in [5, 5.41) is 9.51. The fourth-order valence-electron chi connectivity index (χ4n) is 7.71. The number of carbonyl (C=O) groups is 1. The molecule has 2 heterocycles. The lowest BCUT2D eigenvalue weighted by atomic mass is 9.81. The van der Waals surface area contributed by atoms with Gasteiger partial charge in [-0.05, 0) is 92.6 Å². The molecule has 0 saturated carbocycles. The van der Waals surface area contributed by atoms with Gasteiger partial charge in [-0.25, -0.2) is 4.79 Å². The van der Waals surface area contributed by atoms with Gasteiger partial charge >= 0.3 is 5.97 Å². The number of benzene rings is 3. The topological polar surface area (TPSA) is 43.5 Å². The Morgan fingerprint density at radius 2 is 1.56 bits per heavy atom. The van der Waals surface area contributed by atoms with Crippen molar-refractivity contribution in [2.75, 3.05) is 18.0 Å². The van der Waals surface area contributed by atoms with Crippen LogP contribution >= 0.6 is 11.8 Å². The van der Waals surface area contributed by atoms with Crippen LogP contribution in [0.1, 0.15) is 95.1 Å². The molecule has 0 fully saturated rings. The summed E-state index contributed by atoms with van der Waals surface area (Å²) in [6.07, 6.45) is 14.8. The van der Waals surface area contributed by atoms with E-state index in [9.17, 15) is 9.90 Å². The molecule has 6 rings (SSSR count). The van der Waals surface area contributed by atoms with Crippen LogP contribution in [0.25, 0.3) is 0 Å². The van der Waals surface area contributed by atoms with Gasteiger partial charge in [0.1, 0.15) is 6.54 Å². The number of aromatic carboxylic acids is 1. The molecule has 1 N–H and O–H groups in total. The number of thioether (sulfide) groups is 1. The van der Waals surface area contributed by atoms with Crippen LogP contribution < -0.4 is 4.90 Å². The summed E-state index contributed by atoms with van der Waals surface area (Å²) in [5.74, 6) is -0.898. The summed E-state index contributed by atoms with van der Waals surface area (Å²) >= 11 is 1.76. The summed E-state index contributed by atoms with van der Waals surface area (Å²) in [7, 11) is 0. The molecule has 4 nitrogen and oxygen atoms in total. The largest absolute Gasteiger partial charge is 0.478 e. The van der Waals surface area contributed by atoms with Gasteiger partial charge in [-0.3, -0.25) is 0 Å². The normalized spacial score (nSPS) is 19.9. The average molecular weight is 658 g/mol. The Labute approximate surface area is 291 Å². The third-order valence-electron chi connectivity index (χ3n) is 10.2. The predicted molar refractivity (Wildman–Crippen MR) is 202 cm³/mol. The molecule has 0 bridgehead atoms. The summed E-state index contributed by atoms with van der Waals surface area (Å²) < 4.78 is 2.51. The quantitative estimate of drug-likeness (QED) is 0.220. The lowest BCUT2D eigenvalue weighted by molar-refractivity contribution is -0.437. The zero-order chi connectivity index (χ0) is 34.1. The number of hydrogen-bond donors (Lipinski definition) is 1. The molecule has 0 atom stereocenters. The zero-order valence-corrected chi connectivity index (χ0v) is 30.2. The first-order chi connectivity index (χ1) is 23.1. The second kappa shape index (κ2) is 13.8. The smallest absolute Gasteiger partial charge is 0.335 e. The Morgan fingerprint density at radius 3 is 2.27 bits per heavy atom. The van der Waals surface area contributed by atoms with Gasteiger partial charge in [-0.2, -0.15) is 4.58 Å². The van der Waals surface area contributed by atoms with Gasteiger partial charge in [0.15, 0.2) is 5.71 Å². The molecular formula is C43H49N2O2S+. The van der Waals surface area contributed by atoms with E-state index in [1.807, 2.05) is 12.1 Å². The van der Waals surface area contributed by atoms with E-state index in [2.05, 4.69) is 124 Å². The first-order valence-electron chi connectivity index (χ1n) is 17.5. The van der Waals surface area contributed by atoms with Crippen molar-refractivity contribution in [1.29, 1.82) is 0 Å². The Hall–Kier alpha value is -4.09. The molecule has 0 aromatic heterocycles. The van der Waals surface area contributed by atoms with Gasteiger partial charge in [0.25, 0.3) is 0 Å². The van der Waals surface area contributed by atoms with E-state index in [1.54, 1.807) is 23.9 Å². The number of hydrogen-bond acceptors (Lipinski definition) is 3. The van der Waals surface area contributed by atoms with Crippen LogP contribution in [0.3, 0.4) is 0 Å². The SMILES string of the molecule is CCCN1/C(=C/C=C2\CCCC(/C=C/C3=[N+](CCC)c4ccccc4C3(C)C)=C2Sc2ccc(C(=O)O)cc2)C(C)(C)c2ccccc21. The van der Waals surface area contributed by atoms with E-state index >= 15 is 0 Å². The monoisotopic (exact) mass is 657 g/mol. The lowest BCUT2D eigenvalue weighted by Gasteiger charge is -2.27. The van der Waals surface area contributed by atoms with Crippen molar-refractivity contribution in [1.82, 2.24) is 0 Å². The maximum Gasteiger partial charge on any atom is 0.335 e. The molecule has 1 aliphatic carbocycles. The van der Waals surface area contributed by atoms with Crippen LogP contribution in [-0.2, 0) is 10.8 Å². The molecule has 3 aliphatic rings. The third kappa shape index (κ3) is 6.25. The minimum atomic E-state index is -0.898. The number of allylic oxidation sites excluding steroid dienone is 7. The minimum absolute atomic E-state index is 0.0909. The van der Waals surface area contributed by atoms with E-state index in [-0.39, 0.29) is 10.8 Å². The molecule has 3 aromatic carbocycles. The maximum absolute atomic E-state index is 11.6. The number of nitrogens with zero attached hydrogens (tertiary/aromatic N) is 2. The minimum Gasteiger partial charge on any atom is -0.478 e. The fraction of sp³-hybridized carbons (Fsp3) is 0.349. The Morgan fingerprint density at radius 1 is 0.854 bits per heavy atom. The zero-order valence-electron chi connectivity index (χ0n) is 29.3. The van der Waals surface area contributed by atoms with Crippen molar-refractivity contribution in [2.24, 2.45) is 0 Å². The van der Waals surface area contributed by atoms with Gasteiger partial charge in [0.05, 0.1) is 11.0 Å². The summed E-state index contributed by atoms with van der Waals surface area (Å²) in [6, 6.07) is 25.0. The van der Waals surface area contributed by atoms with Crippen molar-refractivity contribution >= 4 is 34.8 Å². The Bertz CT molecular complexity index is 1870. The second-order valence-corrected chi connectivity index (χ2v) is 15.3. The number of rotatable bonds is 10. The molecule has 0 saturated heterocycles. The van der Waals surface area contributed by atoms with E-state index in [1.165, 1.54) is 50.0 Å². The van der Waals surface area contributed by atoms with Gasteiger partial charge in [-0.1, -0.05) is 88.0 Å². The second-order valence-electron chi connectivity index (χ2n) is 14.2. The number of carboxylic acids is 1. The molecule has 48 heavy (non-hydrogen) atoms. The third-order valence-corrected chi connectivity index (χ3v) is 11.4. The molecule has 0 spiro atoms. The van der Waals surface area contributed by atoms with Crippen LogP contribution in [0.15, 0.2) is 124 Å². The van der Waals surface area contributed by atoms with Gasteiger partial charge in [-0.15, -0.1) is 0 Å². The molecule has 2 aliphatic heterocycles. The highest BCUT2D eigenvalue weighted by Crippen LogP contribution is 2.48. The van der Waals surface area contributed by atoms with Gasteiger partial charge in [0.2, 0.25) is 5.69 Å². The van der Waals surface area contributed by atoms with Crippen molar-refractivity contribution in [3.8, 4) is 0 Å². The first kappa shape index (κ1) is 33.8. The molecule has 3 aromatic rings. The Kier molecular flexibility index (Phi) is 9.71. The number of anilines is 1. The highest BCUT2D eigenvalue weighted by molar-refractivity contribution is 8.03. The predicted octanol–water partition coefficient (Wildman–Crippen LogP) is 11.0. The standard InChI is InChI=1S/C43H48N2O2S/c1-7-28-44-36-18-11-9-16-34(36)42(3,4)38(44)26-22-30-14-13-15-31(40(30)48-33-24-20-32(21-25-33)41(46)47)23-27-39-43(5,6)35-17-10-12-19-37(35)45(39)29-8-2/h9-12,16-27H,7-8,13-15,28-29H2,1-6H3/p+1. The molecule has 5 heteroatoms. The highest BCUT2D eigenvalue weighted by atomic mass is 32.2. The van der Waals surface area contributed by atoms with E-state index in [0.717, 1.165) is 50.1 Å². The Balaban J connectivity index is 1.45. The summed E-state index contributed by atoms with van der Waals surface area (Å²) in [5.41, 5.74) is 10.9. The fourth-order valence-corrected chi connectivity index (χ4v) is 8.82. The van der Waals surface area contributed by atoms with Crippen LogP contribution in [0.5, 0.6) is 0 Å².